The van der Waals surface area contributed by atoms with Crippen LogP contribution in [0.2, 0.25) is 0 Å². The van der Waals surface area contributed by atoms with Gasteiger partial charge in [-0.3, -0.25) is 4.57 Å². The molecule has 0 bridgehead atoms. The summed E-state index contributed by atoms with van der Waals surface area (Å²) < 4.78 is 28.1. The van der Waals surface area contributed by atoms with Crippen molar-refractivity contribution >= 4 is 12.2 Å². The number of nitrogens with zero attached hydrogens (tertiary/aromatic N) is 3. The summed E-state index contributed by atoms with van der Waals surface area (Å²) in [5.41, 5.74) is 2.50. The van der Waals surface area contributed by atoms with Gasteiger partial charge in [-0.25, -0.2) is 9.18 Å². The molecule has 8 heteroatoms. The lowest BCUT2D eigenvalue weighted by Crippen LogP contribution is -2.24. The zero-order chi connectivity index (χ0) is 24.9. The average molecular weight is 468 g/mol. The van der Waals surface area contributed by atoms with Crippen LogP contribution in [0.3, 0.4) is 0 Å². The summed E-state index contributed by atoms with van der Waals surface area (Å²) in [6, 6.07) is 12.1. The molecule has 0 aliphatic carbocycles. The second-order valence-electron chi connectivity index (χ2n) is 8.70. The fourth-order valence-electron chi connectivity index (χ4n) is 3.60. The fraction of sp³-hybridized carbons (Fsp3) is 0.346. The Morgan fingerprint density at radius 3 is 2.56 bits per heavy atom. The number of oxime groups is 1. The van der Waals surface area contributed by atoms with Crippen molar-refractivity contribution in [2.45, 2.75) is 53.2 Å². The number of benzene rings is 2. The Labute approximate surface area is 198 Å². The molecule has 1 aromatic heterocycles. The molecular weight excluding hydrogens is 437 g/mol. The zero-order valence-corrected chi connectivity index (χ0v) is 20.1. The summed E-state index contributed by atoms with van der Waals surface area (Å²) in [4.78, 5) is 17.2. The van der Waals surface area contributed by atoms with E-state index in [1.54, 1.807) is 61.7 Å². The van der Waals surface area contributed by atoms with Crippen LogP contribution in [0.25, 0.3) is 11.1 Å². The summed E-state index contributed by atoms with van der Waals surface area (Å²) in [5.74, 6) is -0.912. The third-order valence-electron chi connectivity index (χ3n) is 5.07. The normalized spacial score (nSPS) is 11.7. The maximum absolute atomic E-state index is 15.3. The molecule has 1 N–H and O–H groups in total. The van der Waals surface area contributed by atoms with Crippen LogP contribution in [0, 0.1) is 5.82 Å². The largest absolute Gasteiger partial charge is 0.465 e. The summed E-state index contributed by atoms with van der Waals surface area (Å²) in [7, 11) is 0. The van der Waals surface area contributed by atoms with Gasteiger partial charge in [0.05, 0.1) is 36.3 Å². The SMILES string of the molecule is CCOc1nc(CC)c(C=NO)n1Cc1ccc(-c2ccccc2C(=O)OC(C)(C)C)cc1F. The number of aryl methyl sites for hydroxylation is 1. The standard InChI is InChI=1S/C26H30FN3O4/c1-6-22-23(15-28-32)30(25(29-22)33-7-2)16-18-13-12-17(14-21(18)27)19-10-8-9-11-20(19)24(31)34-26(3,4)5/h8-15,32H,6-7,16H2,1-5H3. The van der Waals surface area contributed by atoms with Crippen molar-refractivity contribution in [2.75, 3.05) is 6.61 Å². The molecule has 0 unspecified atom stereocenters. The molecule has 0 fully saturated rings. The van der Waals surface area contributed by atoms with Crippen molar-refractivity contribution in [3.05, 3.63) is 70.8 Å². The number of ether oxygens (including phenoxy) is 2. The van der Waals surface area contributed by atoms with E-state index in [9.17, 15) is 4.79 Å². The predicted octanol–water partition coefficient (Wildman–Crippen LogP) is 5.46. The van der Waals surface area contributed by atoms with Gasteiger partial charge in [-0.1, -0.05) is 42.4 Å². The molecule has 7 nitrogen and oxygen atoms in total. The molecule has 3 rings (SSSR count). The number of carbonyl (C=O) groups excluding carboxylic acids is 1. The highest BCUT2D eigenvalue weighted by Crippen LogP contribution is 2.28. The van der Waals surface area contributed by atoms with E-state index in [4.69, 9.17) is 14.7 Å². The Morgan fingerprint density at radius 1 is 1.21 bits per heavy atom. The molecule has 0 radical (unpaired) electrons. The number of imidazole rings is 1. The van der Waals surface area contributed by atoms with Crippen molar-refractivity contribution in [1.29, 1.82) is 0 Å². The molecule has 1 heterocycles. The lowest BCUT2D eigenvalue weighted by atomic mass is 9.98. The number of esters is 1. The minimum absolute atomic E-state index is 0.128. The van der Waals surface area contributed by atoms with E-state index in [2.05, 4.69) is 10.1 Å². The van der Waals surface area contributed by atoms with E-state index in [1.807, 2.05) is 13.8 Å². The Morgan fingerprint density at radius 2 is 1.94 bits per heavy atom. The van der Waals surface area contributed by atoms with Crippen molar-refractivity contribution in [3.8, 4) is 17.1 Å². The van der Waals surface area contributed by atoms with E-state index in [1.165, 1.54) is 12.3 Å². The molecular formula is C26H30FN3O4. The van der Waals surface area contributed by atoms with Gasteiger partial charge in [-0.15, -0.1) is 0 Å². The van der Waals surface area contributed by atoms with Crippen LogP contribution in [0.1, 0.15) is 61.9 Å². The second-order valence-corrected chi connectivity index (χ2v) is 8.70. The third-order valence-corrected chi connectivity index (χ3v) is 5.07. The molecule has 34 heavy (non-hydrogen) atoms. The van der Waals surface area contributed by atoms with E-state index in [0.717, 1.165) is 0 Å². The van der Waals surface area contributed by atoms with Gasteiger partial charge in [-0.05, 0) is 57.4 Å². The Bertz CT molecular complexity index is 1200. The molecule has 0 saturated heterocycles. The number of hydrogen-bond donors (Lipinski definition) is 1. The molecule has 0 aliphatic heterocycles. The summed E-state index contributed by atoms with van der Waals surface area (Å²) in [6.07, 6.45) is 1.87. The summed E-state index contributed by atoms with van der Waals surface area (Å²) >= 11 is 0. The minimum Gasteiger partial charge on any atom is -0.465 e. The molecule has 3 aromatic rings. The van der Waals surface area contributed by atoms with Gasteiger partial charge in [-0.2, -0.15) is 4.98 Å². The summed E-state index contributed by atoms with van der Waals surface area (Å²) in [6.45, 7) is 9.68. The van der Waals surface area contributed by atoms with E-state index in [0.29, 0.717) is 52.7 Å². The smallest absolute Gasteiger partial charge is 0.339 e. The van der Waals surface area contributed by atoms with Gasteiger partial charge >= 0.3 is 5.97 Å². The fourth-order valence-corrected chi connectivity index (χ4v) is 3.60. The van der Waals surface area contributed by atoms with Crippen molar-refractivity contribution < 1.29 is 23.9 Å². The number of aromatic nitrogens is 2. The van der Waals surface area contributed by atoms with Gasteiger partial charge in [0.25, 0.3) is 6.01 Å². The summed E-state index contributed by atoms with van der Waals surface area (Å²) in [5, 5.41) is 12.2. The van der Waals surface area contributed by atoms with Crippen molar-refractivity contribution in [3.63, 3.8) is 0 Å². The van der Waals surface area contributed by atoms with E-state index < -0.39 is 17.4 Å². The van der Waals surface area contributed by atoms with E-state index in [-0.39, 0.29) is 6.54 Å². The molecule has 180 valence electrons. The first-order valence-corrected chi connectivity index (χ1v) is 11.2. The van der Waals surface area contributed by atoms with E-state index >= 15 is 4.39 Å². The van der Waals surface area contributed by atoms with Gasteiger partial charge < -0.3 is 14.7 Å². The first-order chi connectivity index (χ1) is 16.2. The zero-order valence-electron chi connectivity index (χ0n) is 20.1. The van der Waals surface area contributed by atoms with Gasteiger partial charge in [0.2, 0.25) is 0 Å². The first-order valence-electron chi connectivity index (χ1n) is 11.2. The molecule has 0 saturated carbocycles. The topological polar surface area (TPSA) is 85.9 Å². The molecule has 0 spiro atoms. The lowest BCUT2D eigenvalue weighted by Gasteiger charge is -2.20. The number of hydrogen-bond acceptors (Lipinski definition) is 6. The maximum Gasteiger partial charge on any atom is 0.339 e. The van der Waals surface area contributed by atoms with Gasteiger partial charge in [0, 0.05) is 5.56 Å². The quantitative estimate of drug-likeness (QED) is 0.206. The molecule has 2 aromatic carbocycles. The molecule has 0 aliphatic rings. The second kappa shape index (κ2) is 10.5. The lowest BCUT2D eigenvalue weighted by molar-refractivity contribution is 0.00704. The van der Waals surface area contributed by atoms with Gasteiger partial charge in [0.1, 0.15) is 11.4 Å². The van der Waals surface area contributed by atoms with Crippen molar-refractivity contribution in [2.24, 2.45) is 5.16 Å². The average Bonchev–Trinajstić information content (AvgIpc) is 3.10. The van der Waals surface area contributed by atoms with Crippen LogP contribution >= 0.6 is 0 Å². The highest BCUT2D eigenvalue weighted by molar-refractivity contribution is 5.97. The molecule has 0 amide bonds. The van der Waals surface area contributed by atoms with Crippen LogP contribution in [0.15, 0.2) is 47.6 Å². The Hall–Kier alpha value is -3.68. The highest BCUT2D eigenvalue weighted by Gasteiger charge is 2.22. The third kappa shape index (κ3) is 5.62. The minimum atomic E-state index is -0.644. The number of halogens is 1. The van der Waals surface area contributed by atoms with Crippen LogP contribution in [-0.2, 0) is 17.7 Å². The molecule has 0 atom stereocenters. The highest BCUT2D eigenvalue weighted by atomic mass is 19.1. The monoisotopic (exact) mass is 467 g/mol. The Kier molecular flexibility index (Phi) is 7.71. The van der Waals surface area contributed by atoms with Crippen molar-refractivity contribution in [1.82, 2.24) is 9.55 Å². The predicted molar refractivity (Wildman–Crippen MR) is 128 cm³/mol. The van der Waals surface area contributed by atoms with Gasteiger partial charge in [0.15, 0.2) is 0 Å². The maximum atomic E-state index is 15.3. The van der Waals surface area contributed by atoms with Crippen LogP contribution in [0.5, 0.6) is 6.01 Å². The van der Waals surface area contributed by atoms with Crippen LogP contribution in [0.4, 0.5) is 4.39 Å². The van der Waals surface area contributed by atoms with Crippen LogP contribution in [-0.4, -0.2) is 39.2 Å². The Balaban J connectivity index is 1.99. The first kappa shape index (κ1) is 25.0. The van der Waals surface area contributed by atoms with Crippen LogP contribution < -0.4 is 4.74 Å². The number of carbonyl (C=O) groups is 1. The number of rotatable bonds is 8.